The van der Waals surface area contributed by atoms with E-state index in [0.717, 1.165) is 41.9 Å². The highest BCUT2D eigenvalue weighted by Crippen LogP contribution is 2.49. The summed E-state index contributed by atoms with van der Waals surface area (Å²) < 4.78 is 11.3. The molecule has 138 valence electrons. The van der Waals surface area contributed by atoms with Crippen molar-refractivity contribution in [2.45, 2.75) is 31.3 Å². The van der Waals surface area contributed by atoms with Crippen LogP contribution < -0.4 is 0 Å². The second-order valence-electron chi connectivity index (χ2n) is 7.91. The fourth-order valence-corrected chi connectivity index (χ4v) is 4.08. The van der Waals surface area contributed by atoms with Crippen LogP contribution in [0.1, 0.15) is 31.1 Å². The molecule has 2 aromatic carbocycles. The number of rotatable bonds is 6. The number of ether oxygens (including phenoxy) is 1. The van der Waals surface area contributed by atoms with E-state index in [2.05, 4.69) is 54.5 Å². The van der Waals surface area contributed by atoms with Crippen molar-refractivity contribution in [3.63, 3.8) is 0 Å². The zero-order valence-electron chi connectivity index (χ0n) is 15.4. The highest BCUT2D eigenvalue weighted by Gasteiger charge is 2.45. The molecule has 1 saturated heterocycles. The van der Waals surface area contributed by atoms with Crippen molar-refractivity contribution in [1.82, 2.24) is 0 Å². The molecule has 1 atom stereocenters. The average Bonchev–Trinajstić information content (AvgIpc) is 3.40. The first-order valence-electron chi connectivity index (χ1n) is 9.57. The number of fused-ring (bicyclic) bond motifs is 1. The van der Waals surface area contributed by atoms with Crippen molar-refractivity contribution >= 4 is 16.7 Å². The van der Waals surface area contributed by atoms with E-state index in [-0.39, 0.29) is 11.5 Å². The normalized spacial score (nSPS) is 27.4. The van der Waals surface area contributed by atoms with E-state index in [0.29, 0.717) is 12.5 Å². The number of oxime groups is 1. The van der Waals surface area contributed by atoms with Gasteiger partial charge in [-0.2, -0.15) is 0 Å². The van der Waals surface area contributed by atoms with Crippen LogP contribution in [0.2, 0.25) is 0 Å². The van der Waals surface area contributed by atoms with Gasteiger partial charge in [-0.15, -0.1) is 0 Å². The molecule has 0 radical (unpaired) electrons. The van der Waals surface area contributed by atoms with E-state index in [1.54, 1.807) is 0 Å². The summed E-state index contributed by atoms with van der Waals surface area (Å²) in [6, 6.07) is 20.9. The molecule has 2 aliphatic rings. The smallest absolute Gasteiger partial charge is 0.153 e. The number of epoxide rings is 1. The number of hydrogen-bond donors (Lipinski definition) is 0. The van der Waals surface area contributed by atoms with Gasteiger partial charge in [-0.05, 0) is 36.0 Å². The fourth-order valence-electron chi connectivity index (χ4n) is 4.08. The van der Waals surface area contributed by atoms with Crippen LogP contribution in [-0.2, 0) is 15.0 Å². The van der Waals surface area contributed by atoms with Crippen molar-refractivity contribution < 1.29 is 14.0 Å². The van der Waals surface area contributed by atoms with Gasteiger partial charge >= 0.3 is 0 Å². The summed E-state index contributed by atoms with van der Waals surface area (Å²) in [6.07, 6.45) is 2.27. The van der Waals surface area contributed by atoms with Crippen molar-refractivity contribution in [2.75, 3.05) is 13.2 Å². The lowest BCUT2D eigenvalue weighted by Crippen LogP contribution is -2.42. The summed E-state index contributed by atoms with van der Waals surface area (Å²) in [5.74, 6) is 1.14. The van der Waals surface area contributed by atoms with Crippen LogP contribution in [0.15, 0.2) is 70.2 Å². The number of furan rings is 1. The van der Waals surface area contributed by atoms with Crippen molar-refractivity contribution in [1.29, 1.82) is 0 Å². The lowest BCUT2D eigenvalue weighted by atomic mass is 9.58. The largest absolute Gasteiger partial charge is 0.455 e. The van der Waals surface area contributed by atoms with E-state index in [9.17, 15) is 0 Å². The first kappa shape index (κ1) is 16.6. The lowest BCUT2D eigenvalue weighted by molar-refractivity contribution is 0.119. The van der Waals surface area contributed by atoms with E-state index >= 15 is 0 Å². The zero-order chi connectivity index (χ0) is 18.3. The van der Waals surface area contributed by atoms with Crippen molar-refractivity contribution in [3.8, 4) is 0 Å². The van der Waals surface area contributed by atoms with E-state index in [4.69, 9.17) is 14.0 Å². The third-order valence-corrected chi connectivity index (χ3v) is 5.75. The van der Waals surface area contributed by atoms with Gasteiger partial charge in [0.1, 0.15) is 24.0 Å². The van der Waals surface area contributed by atoms with Crippen molar-refractivity contribution in [3.05, 3.63) is 72.0 Å². The Labute approximate surface area is 158 Å². The Bertz CT molecular complexity index is 932. The monoisotopic (exact) mass is 361 g/mol. The maximum absolute atomic E-state index is 6.09. The topological polar surface area (TPSA) is 47.3 Å². The van der Waals surface area contributed by atoms with E-state index in [1.165, 1.54) is 5.56 Å². The first-order valence-corrected chi connectivity index (χ1v) is 9.57. The molecule has 0 bridgehead atoms. The Balaban J connectivity index is 1.40. The van der Waals surface area contributed by atoms with Crippen LogP contribution in [0.3, 0.4) is 0 Å². The zero-order valence-corrected chi connectivity index (χ0v) is 15.4. The van der Waals surface area contributed by atoms with Gasteiger partial charge in [0.2, 0.25) is 0 Å². The second-order valence-corrected chi connectivity index (χ2v) is 7.91. The Kier molecular flexibility index (Phi) is 4.01. The van der Waals surface area contributed by atoms with Crippen LogP contribution in [0, 0.1) is 5.92 Å². The van der Waals surface area contributed by atoms with E-state index in [1.807, 2.05) is 18.2 Å². The Morgan fingerprint density at radius 2 is 1.85 bits per heavy atom. The molecule has 4 heteroatoms. The molecule has 4 nitrogen and oxygen atoms in total. The summed E-state index contributed by atoms with van der Waals surface area (Å²) >= 11 is 0. The number of nitrogens with zero attached hydrogens (tertiary/aromatic N) is 1. The van der Waals surface area contributed by atoms with Crippen LogP contribution in [0.4, 0.5) is 0 Å². The van der Waals surface area contributed by atoms with Gasteiger partial charge in [-0.3, -0.25) is 0 Å². The van der Waals surface area contributed by atoms with Gasteiger partial charge in [0.05, 0.1) is 6.61 Å². The van der Waals surface area contributed by atoms with Crippen LogP contribution >= 0.6 is 0 Å². The standard InChI is InChI=1S/C23H23NO3/c1-23(18-8-3-2-4-9-18)12-17(13-23)22(24-26-15-19-14-25-19)21-11-16-7-5-6-10-20(16)27-21/h2-11,17,19H,12-15H2,1H3/b24-22-/t17?,19-,23?/m1/s1. The molecule has 1 aliphatic heterocycles. The lowest BCUT2D eigenvalue weighted by Gasteiger charge is -2.45. The molecule has 0 unspecified atom stereocenters. The van der Waals surface area contributed by atoms with Gasteiger partial charge in [0, 0.05) is 11.3 Å². The highest BCUT2D eigenvalue weighted by atomic mass is 16.7. The molecule has 0 amide bonds. The predicted octanol–water partition coefficient (Wildman–Crippen LogP) is 4.92. The quantitative estimate of drug-likeness (QED) is 0.356. The minimum atomic E-state index is 0.179. The minimum absolute atomic E-state index is 0.179. The molecule has 1 saturated carbocycles. The van der Waals surface area contributed by atoms with E-state index < -0.39 is 0 Å². The van der Waals surface area contributed by atoms with Gasteiger partial charge in [0.25, 0.3) is 0 Å². The summed E-state index contributed by atoms with van der Waals surface area (Å²) in [5, 5.41) is 5.59. The predicted molar refractivity (Wildman–Crippen MR) is 105 cm³/mol. The summed E-state index contributed by atoms with van der Waals surface area (Å²) in [4.78, 5) is 5.60. The molecule has 2 heterocycles. The molecule has 3 aromatic rings. The van der Waals surface area contributed by atoms with Crippen molar-refractivity contribution in [2.24, 2.45) is 11.1 Å². The minimum Gasteiger partial charge on any atom is -0.455 e. The van der Waals surface area contributed by atoms with Gasteiger partial charge in [-0.25, -0.2) is 0 Å². The SMILES string of the molecule is CC1(c2ccccc2)CC(/C(=N/OC[C@H]2CO2)c2cc3ccccc3o2)C1. The molecule has 27 heavy (non-hydrogen) atoms. The summed E-state index contributed by atoms with van der Waals surface area (Å²) in [5.41, 5.74) is 3.37. The molecule has 0 N–H and O–H groups in total. The first-order chi connectivity index (χ1) is 13.2. The van der Waals surface area contributed by atoms with Gasteiger partial charge < -0.3 is 14.0 Å². The molecular formula is C23H23NO3. The third-order valence-electron chi connectivity index (χ3n) is 5.75. The third kappa shape index (κ3) is 3.26. The molecule has 2 fully saturated rings. The molecule has 1 aliphatic carbocycles. The Hall–Kier alpha value is -2.59. The summed E-state index contributed by atoms with van der Waals surface area (Å²) in [6.45, 7) is 3.60. The number of para-hydroxylation sites is 1. The molecule has 1 aromatic heterocycles. The Morgan fingerprint density at radius 1 is 1.11 bits per heavy atom. The second kappa shape index (κ2) is 6.54. The maximum Gasteiger partial charge on any atom is 0.153 e. The highest BCUT2D eigenvalue weighted by molar-refractivity contribution is 6.03. The number of hydrogen-bond acceptors (Lipinski definition) is 4. The summed E-state index contributed by atoms with van der Waals surface area (Å²) in [7, 11) is 0. The number of benzene rings is 2. The molecule has 0 spiro atoms. The van der Waals surface area contributed by atoms with Crippen LogP contribution in [0.25, 0.3) is 11.0 Å². The Morgan fingerprint density at radius 3 is 2.59 bits per heavy atom. The van der Waals surface area contributed by atoms with Crippen LogP contribution in [-0.4, -0.2) is 25.0 Å². The van der Waals surface area contributed by atoms with Gasteiger partial charge in [0.15, 0.2) is 5.76 Å². The van der Waals surface area contributed by atoms with Crippen LogP contribution in [0.5, 0.6) is 0 Å². The molecule has 5 rings (SSSR count). The maximum atomic E-state index is 6.09. The average molecular weight is 361 g/mol. The van der Waals surface area contributed by atoms with Gasteiger partial charge in [-0.1, -0.05) is 60.6 Å². The fraction of sp³-hybridized carbons (Fsp3) is 0.348. The molecular weight excluding hydrogens is 338 g/mol.